The summed E-state index contributed by atoms with van der Waals surface area (Å²) in [7, 11) is 1.50. The van der Waals surface area contributed by atoms with E-state index in [0.29, 0.717) is 9.34 Å². The molecule has 0 bridgehead atoms. The molecule has 4 nitrogen and oxygen atoms in total. The van der Waals surface area contributed by atoms with Crippen molar-refractivity contribution < 1.29 is 14.6 Å². The van der Waals surface area contributed by atoms with Crippen LogP contribution in [0.3, 0.4) is 0 Å². The van der Waals surface area contributed by atoms with Gasteiger partial charge in [-0.05, 0) is 6.92 Å². The van der Waals surface area contributed by atoms with E-state index in [1.165, 1.54) is 18.4 Å². The van der Waals surface area contributed by atoms with E-state index in [1.807, 2.05) is 0 Å². The summed E-state index contributed by atoms with van der Waals surface area (Å²) in [4.78, 5) is 4.45. The Hall–Kier alpha value is 0.0900. The van der Waals surface area contributed by atoms with Crippen LogP contribution in [-0.4, -0.2) is 30.1 Å². The van der Waals surface area contributed by atoms with Crippen LogP contribution in [0.15, 0.2) is 0 Å². The Kier molecular flexibility index (Phi) is 5.25. The summed E-state index contributed by atoms with van der Waals surface area (Å²) < 4.78 is 10.4. The number of rotatable bonds is 5. The molecule has 1 N–H and O–H groups in total. The molecule has 7 heteroatoms. The maximum atomic E-state index is 9.52. The van der Waals surface area contributed by atoms with Crippen molar-refractivity contribution in [3.8, 4) is 0 Å². The summed E-state index contributed by atoms with van der Waals surface area (Å²) in [6.07, 6.45) is -1.28. The Morgan fingerprint density at radius 1 is 1.53 bits per heavy atom. The van der Waals surface area contributed by atoms with Gasteiger partial charge in [-0.1, -0.05) is 23.2 Å². The fraction of sp³-hybridized carbons (Fsp3) is 0.625. The van der Waals surface area contributed by atoms with Crippen molar-refractivity contribution in [2.75, 3.05) is 13.9 Å². The van der Waals surface area contributed by atoms with Crippen LogP contribution in [0.25, 0.3) is 0 Å². The molecule has 15 heavy (non-hydrogen) atoms. The summed E-state index contributed by atoms with van der Waals surface area (Å²) in [5.74, 6) is 0. The SMILES string of the molecule is COCOC(c1sc(Cl)nc1Cl)C(C)O. The van der Waals surface area contributed by atoms with E-state index in [-0.39, 0.29) is 11.9 Å². The number of aliphatic hydroxyl groups excluding tert-OH is 1. The van der Waals surface area contributed by atoms with Crippen LogP contribution in [-0.2, 0) is 9.47 Å². The molecule has 86 valence electrons. The molecule has 1 aromatic heterocycles. The highest BCUT2D eigenvalue weighted by Crippen LogP contribution is 2.35. The lowest BCUT2D eigenvalue weighted by Crippen LogP contribution is -2.18. The number of hydrogen-bond donors (Lipinski definition) is 1. The van der Waals surface area contributed by atoms with Gasteiger partial charge in [0, 0.05) is 7.11 Å². The average molecular weight is 272 g/mol. The number of ether oxygens (including phenoxy) is 2. The third-order valence-corrected chi connectivity index (χ3v) is 3.27. The van der Waals surface area contributed by atoms with Gasteiger partial charge in [0.05, 0.1) is 11.0 Å². The lowest BCUT2D eigenvalue weighted by molar-refractivity contribution is -0.109. The number of nitrogens with zero attached hydrogens (tertiary/aromatic N) is 1. The van der Waals surface area contributed by atoms with E-state index < -0.39 is 12.2 Å². The molecule has 0 spiro atoms. The number of halogens is 2. The van der Waals surface area contributed by atoms with Crippen molar-refractivity contribution in [2.24, 2.45) is 0 Å². The second-order valence-corrected chi connectivity index (χ2v) is 4.83. The van der Waals surface area contributed by atoms with Crippen LogP contribution in [0, 0.1) is 0 Å². The Morgan fingerprint density at radius 3 is 2.60 bits per heavy atom. The lowest BCUT2D eigenvalue weighted by atomic mass is 10.2. The molecule has 2 unspecified atom stereocenters. The maximum Gasteiger partial charge on any atom is 0.185 e. The minimum Gasteiger partial charge on any atom is -0.390 e. The molecule has 0 saturated carbocycles. The van der Waals surface area contributed by atoms with Crippen molar-refractivity contribution >= 4 is 34.5 Å². The van der Waals surface area contributed by atoms with Crippen molar-refractivity contribution in [3.05, 3.63) is 14.5 Å². The van der Waals surface area contributed by atoms with Crippen molar-refractivity contribution in [1.82, 2.24) is 4.98 Å². The number of methoxy groups -OCH3 is 1. The third kappa shape index (κ3) is 3.55. The Balaban J connectivity index is 2.83. The molecule has 0 aliphatic rings. The van der Waals surface area contributed by atoms with E-state index in [0.717, 1.165) is 0 Å². The zero-order valence-electron chi connectivity index (χ0n) is 8.24. The molecule has 0 radical (unpaired) electrons. The van der Waals surface area contributed by atoms with Crippen LogP contribution in [0.2, 0.25) is 9.62 Å². The maximum absolute atomic E-state index is 9.52. The fourth-order valence-electron chi connectivity index (χ4n) is 1.04. The van der Waals surface area contributed by atoms with Gasteiger partial charge >= 0.3 is 0 Å². The standard InChI is InChI=1S/C8H11Cl2NO3S/c1-4(12)5(14-3-13-2)6-7(9)11-8(10)15-6/h4-5,12H,3H2,1-2H3. The van der Waals surface area contributed by atoms with Crippen molar-refractivity contribution in [1.29, 1.82) is 0 Å². The van der Waals surface area contributed by atoms with E-state index in [9.17, 15) is 5.11 Å². The minimum atomic E-state index is -0.714. The normalized spacial score (nSPS) is 15.3. The number of hydrogen-bond acceptors (Lipinski definition) is 5. The van der Waals surface area contributed by atoms with Gasteiger partial charge in [-0.25, -0.2) is 4.98 Å². The Labute approximate surface area is 102 Å². The van der Waals surface area contributed by atoms with Gasteiger partial charge in [-0.3, -0.25) is 0 Å². The van der Waals surface area contributed by atoms with Gasteiger partial charge in [0.15, 0.2) is 4.47 Å². The second kappa shape index (κ2) is 5.98. The number of aromatic nitrogens is 1. The van der Waals surface area contributed by atoms with Gasteiger partial charge in [0.1, 0.15) is 18.1 Å². The summed E-state index contributed by atoms with van der Waals surface area (Å²) in [5.41, 5.74) is 0. The third-order valence-electron chi connectivity index (χ3n) is 1.65. The van der Waals surface area contributed by atoms with Gasteiger partial charge in [0.25, 0.3) is 0 Å². The van der Waals surface area contributed by atoms with Gasteiger partial charge in [0.2, 0.25) is 0 Å². The molecule has 0 fully saturated rings. The lowest BCUT2D eigenvalue weighted by Gasteiger charge is -2.18. The molecular weight excluding hydrogens is 261 g/mol. The highest BCUT2D eigenvalue weighted by molar-refractivity contribution is 7.16. The molecule has 0 amide bonds. The largest absolute Gasteiger partial charge is 0.390 e. The Morgan fingerprint density at radius 2 is 2.20 bits per heavy atom. The Bertz CT molecular complexity index is 319. The topological polar surface area (TPSA) is 51.6 Å². The minimum absolute atomic E-state index is 0.0708. The van der Waals surface area contributed by atoms with Crippen LogP contribution < -0.4 is 0 Å². The molecule has 0 aliphatic carbocycles. The highest BCUT2D eigenvalue weighted by atomic mass is 35.5. The molecule has 2 atom stereocenters. The summed E-state index contributed by atoms with van der Waals surface area (Å²) >= 11 is 12.7. The second-order valence-electron chi connectivity index (χ2n) is 2.86. The first-order chi connectivity index (χ1) is 7.06. The predicted octanol–water partition coefficient (Wildman–Crippen LogP) is 2.49. The number of thiazole rings is 1. The molecule has 1 heterocycles. The fourth-order valence-corrected chi connectivity index (χ4v) is 2.60. The smallest absolute Gasteiger partial charge is 0.185 e. The molecule has 0 saturated heterocycles. The van der Waals surface area contributed by atoms with Gasteiger partial charge in [-0.2, -0.15) is 0 Å². The van der Waals surface area contributed by atoms with Gasteiger partial charge in [-0.15, -0.1) is 11.3 Å². The molecule has 0 aromatic carbocycles. The quantitative estimate of drug-likeness (QED) is 0.837. The van der Waals surface area contributed by atoms with E-state index in [4.69, 9.17) is 32.7 Å². The van der Waals surface area contributed by atoms with E-state index >= 15 is 0 Å². The zero-order chi connectivity index (χ0) is 11.4. The summed E-state index contributed by atoms with van der Waals surface area (Å²) in [5, 5.41) is 9.78. The van der Waals surface area contributed by atoms with Crippen LogP contribution in [0.1, 0.15) is 17.9 Å². The van der Waals surface area contributed by atoms with Crippen LogP contribution in [0.4, 0.5) is 0 Å². The first kappa shape index (κ1) is 13.2. The van der Waals surface area contributed by atoms with Crippen LogP contribution in [0.5, 0.6) is 0 Å². The molecule has 0 aliphatic heterocycles. The highest BCUT2D eigenvalue weighted by Gasteiger charge is 2.24. The predicted molar refractivity (Wildman–Crippen MR) is 59.5 cm³/mol. The van der Waals surface area contributed by atoms with E-state index in [1.54, 1.807) is 6.92 Å². The van der Waals surface area contributed by atoms with Crippen molar-refractivity contribution in [3.63, 3.8) is 0 Å². The number of aliphatic hydroxyl groups is 1. The molecule has 1 rings (SSSR count). The van der Waals surface area contributed by atoms with Gasteiger partial charge < -0.3 is 14.6 Å². The van der Waals surface area contributed by atoms with Crippen molar-refractivity contribution in [2.45, 2.75) is 19.1 Å². The first-order valence-corrected chi connectivity index (χ1v) is 5.73. The first-order valence-electron chi connectivity index (χ1n) is 4.16. The summed E-state index contributed by atoms with van der Waals surface area (Å²) in [6, 6.07) is 0. The molecule has 1 aromatic rings. The zero-order valence-corrected chi connectivity index (χ0v) is 10.6. The summed E-state index contributed by atoms with van der Waals surface area (Å²) in [6.45, 7) is 1.67. The van der Waals surface area contributed by atoms with Crippen LogP contribution >= 0.6 is 34.5 Å². The monoisotopic (exact) mass is 271 g/mol. The average Bonchev–Trinajstić information content (AvgIpc) is 2.46. The molecular formula is C8H11Cl2NO3S. The van der Waals surface area contributed by atoms with E-state index in [2.05, 4.69) is 4.98 Å².